The van der Waals surface area contributed by atoms with Crippen LogP contribution < -0.4 is 9.62 Å². The average molecular weight is 638 g/mol. The van der Waals surface area contributed by atoms with E-state index in [2.05, 4.69) is 5.32 Å². The van der Waals surface area contributed by atoms with Crippen molar-refractivity contribution in [3.05, 3.63) is 100 Å². The van der Waals surface area contributed by atoms with Gasteiger partial charge in [0.25, 0.3) is 0 Å². The number of hydrogen-bond donors (Lipinski definition) is 1. The van der Waals surface area contributed by atoms with Gasteiger partial charge in [0.15, 0.2) is 0 Å². The summed E-state index contributed by atoms with van der Waals surface area (Å²) in [7, 11) is -4.31. The molecule has 0 heterocycles. The van der Waals surface area contributed by atoms with E-state index in [4.69, 9.17) is 11.6 Å². The lowest BCUT2D eigenvalue weighted by Crippen LogP contribution is -2.54. The zero-order valence-corrected chi connectivity index (χ0v) is 25.9. The van der Waals surface area contributed by atoms with Crippen LogP contribution in [-0.4, -0.2) is 50.0 Å². The molecule has 1 N–H and O–H groups in total. The molecule has 43 heavy (non-hydrogen) atoms. The van der Waals surface area contributed by atoms with Crippen molar-refractivity contribution < 1.29 is 31.2 Å². The van der Waals surface area contributed by atoms with Gasteiger partial charge in [-0.25, -0.2) is 8.42 Å². The van der Waals surface area contributed by atoms with Crippen molar-refractivity contribution in [3.8, 4) is 0 Å². The molecule has 3 rings (SSSR count). The van der Waals surface area contributed by atoms with Gasteiger partial charge >= 0.3 is 6.18 Å². The summed E-state index contributed by atoms with van der Waals surface area (Å²) in [5.41, 5.74) is 0.730. The standard InChI is InChI=1S/C31H35ClF3N3O4S/c1-5-22(3)36-30(40)28(17-23-11-7-6-8-12-23)37(19-24-13-9-10-21(2)16-24)29(39)20-38(43(4,41)42)27-18-25(31(33,34)35)14-15-26(27)32/h6-16,18,22,28H,5,17,19-20H2,1-4H3,(H,36,40)/t22-,28-/m1/s1. The van der Waals surface area contributed by atoms with E-state index in [1.807, 2.05) is 51.1 Å². The summed E-state index contributed by atoms with van der Waals surface area (Å²) in [4.78, 5) is 29.1. The second kappa shape index (κ2) is 14.3. The number of rotatable bonds is 12. The highest BCUT2D eigenvalue weighted by molar-refractivity contribution is 7.92. The Kier molecular flexibility index (Phi) is 11.3. The van der Waals surface area contributed by atoms with Gasteiger partial charge in [-0.3, -0.25) is 13.9 Å². The van der Waals surface area contributed by atoms with Crippen molar-refractivity contribution in [1.82, 2.24) is 10.2 Å². The Labute approximate surface area is 255 Å². The highest BCUT2D eigenvalue weighted by Crippen LogP contribution is 2.36. The maximum atomic E-state index is 14.1. The molecule has 0 radical (unpaired) electrons. The van der Waals surface area contributed by atoms with E-state index in [-0.39, 0.29) is 24.0 Å². The van der Waals surface area contributed by atoms with Crippen LogP contribution in [0.5, 0.6) is 0 Å². The van der Waals surface area contributed by atoms with Gasteiger partial charge in [0.05, 0.1) is 22.5 Å². The molecule has 2 amide bonds. The summed E-state index contributed by atoms with van der Waals surface area (Å²) in [5, 5.41) is 2.63. The molecule has 0 fully saturated rings. The second-order valence-electron chi connectivity index (χ2n) is 10.5. The van der Waals surface area contributed by atoms with Crippen LogP contribution in [0.3, 0.4) is 0 Å². The molecule has 0 saturated heterocycles. The van der Waals surface area contributed by atoms with E-state index in [1.54, 1.807) is 24.3 Å². The first-order chi connectivity index (χ1) is 20.1. The van der Waals surface area contributed by atoms with Crippen LogP contribution in [0.2, 0.25) is 5.02 Å². The zero-order chi connectivity index (χ0) is 31.9. The minimum Gasteiger partial charge on any atom is -0.352 e. The zero-order valence-electron chi connectivity index (χ0n) is 24.4. The Bertz CT molecular complexity index is 1530. The molecular formula is C31H35ClF3N3O4S. The molecule has 7 nitrogen and oxygen atoms in total. The molecule has 0 aliphatic carbocycles. The topological polar surface area (TPSA) is 86.8 Å². The minimum absolute atomic E-state index is 0.0557. The smallest absolute Gasteiger partial charge is 0.352 e. The number of amides is 2. The molecule has 12 heteroatoms. The Balaban J connectivity index is 2.12. The van der Waals surface area contributed by atoms with Crippen molar-refractivity contribution in [2.75, 3.05) is 17.1 Å². The molecule has 0 bridgehead atoms. The predicted octanol–water partition coefficient (Wildman–Crippen LogP) is 5.99. The van der Waals surface area contributed by atoms with Crippen molar-refractivity contribution in [2.45, 2.75) is 58.4 Å². The lowest BCUT2D eigenvalue weighted by atomic mass is 10.0. The van der Waals surface area contributed by atoms with E-state index in [1.165, 1.54) is 4.90 Å². The predicted molar refractivity (Wildman–Crippen MR) is 162 cm³/mol. The first kappa shape index (κ1) is 33.9. The molecule has 3 aromatic rings. The monoisotopic (exact) mass is 637 g/mol. The maximum absolute atomic E-state index is 14.1. The number of carbonyl (C=O) groups is 2. The first-order valence-electron chi connectivity index (χ1n) is 13.6. The molecule has 0 saturated carbocycles. The van der Waals surface area contributed by atoms with Crippen LogP contribution in [0.15, 0.2) is 72.8 Å². The van der Waals surface area contributed by atoms with E-state index < -0.39 is 51.9 Å². The molecule has 0 aliphatic heterocycles. The van der Waals surface area contributed by atoms with Gasteiger partial charge in [-0.1, -0.05) is 78.7 Å². The number of benzene rings is 3. The molecule has 232 valence electrons. The molecule has 0 aliphatic rings. The van der Waals surface area contributed by atoms with Crippen LogP contribution >= 0.6 is 11.6 Å². The number of nitrogens with zero attached hydrogens (tertiary/aromatic N) is 2. The lowest BCUT2D eigenvalue weighted by molar-refractivity contribution is -0.140. The molecular weight excluding hydrogens is 603 g/mol. The molecule has 0 spiro atoms. The van der Waals surface area contributed by atoms with Crippen LogP contribution in [0, 0.1) is 6.92 Å². The fourth-order valence-electron chi connectivity index (χ4n) is 4.48. The second-order valence-corrected chi connectivity index (χ2v) is 12.8. The highest BCUT2D eigenvalue weighted by atomic mass is 35.5. The maximum Gasteiger partial charge on any atom is 0.416 e. The third kappa shape index (κ3) is 9.46. The quantitative estimate of drug-likeness (QED) is 0.264. The average Bonchev–Trinajstić information content (AvgIpc) is 2.93. The van der Waals surface area contributed by atoms with Gasteiger partial charge in [-0.2, -0.15) is 13.2 Å². The number of hydrogen-bond acceptors (Lipinski definition) is 4. The third-order valence-electron chi connectivity index (χ3n) is 6.93. The third-order valence-corrected chi connectivity index (χ3v) is 8.37. The van der Waals surface area contributed by atoms with E-state index in [0.717, 1.165) is 29.5 Å². The van der Waals surface area contributed by atoms with Crippen molar-refractivity contribution in [1.29, 1.82) is 0 Å². The van der Waals surface area contributed by atoms with Gasteiger partial charge in [0, 0.05) is 19.0 Å². The Morgan fingerprint density at radius 1 is 0.977 bits per heavy atom. The summed E-state index contributed by atoms with van der Waals surface area (Å²) in [6.45, 7) is 4.65. The van der Waals surface area contributed by atoms with Gasteiger partial charge in [0.2, 0.25) is 21.8 Å². The highest BCUT2D eigenvalue weighted by Gasteiger charge is 2.36. The number of sulfonamides is 1. The van der Waals surface area contributed by atoms with Crippen LogP contribution in [0.25, 0.3) is 0 Å². The SMILES string of the molecule is CC[C@@H](C)NC(=O)[C@@H](Cc1ccccc1)N(Cc1cccc(C)c1)C(=O)CN(c1cc(C(F)(F)F)ccc1Cl)S(C)(=O)=O. The summed E-state index contributed by atoms with van der Waals surface area (Å²) in [6.07, 6.45) is -3.26. The van der Waals surface area contributed by atoms with E-state index in [0.29, 0.717) is 22.4 Å². The number of aryl methyl sites for hydroxylation is 1. The Morgan fingerprint density at radius 2 is 1.63 bits per heavy atom. The summed E-state index contributed by atoms with van der Waals surface area (Å²) < 4.78 is 67.0. The van der Waals surface area contributed by atoms with Gasteiger partial charge in [-0.15, -0.1) is 0 Å². The van der Waals surface area contributed by atoms with Gasteiger partial charge in [-0.05, 0) is 49.6 Å². The van der Waals surface area contributed by atoms with E-state index >= 15 is 0 Å². The fourth-order valence-corrected chi connectivity index (χ4v) is 5.60. The fraction of sp³-hybridized carbons (Fsp3) is 0.355. The Hall–Kier alpha value is -3.57. The lowest BCUT2D eigenvalue weighted by Gasteiger charge is -2.34. The molecule has 3 aromatic carbocycles. The molecule has 0 aromatic heterocycles. The number of carbonyl (C=O) groups excluding carboxylic acids is 2. The minimum atomic E-state index is -4.78. The van der Waals surface area contributed by atoms with Crippen LogP contribution in [-0.2, 0) is 38.8 Å². The van der Waals surface area contributed by atoms with E-state index in [9.17, 15) is 31.2 Å². The summed E-state index contributed by atoms with van der Waals surface area (Å²) in [6, 6.07) is 17.3. The Morgan fingerprint density at radius 3 is 2.21 bits per heavy atom. The number of nitrogens with one attached hydrogen (secondary N) is 1. The molecule has 0 unspecified atom stereocenters. The number of halogens is 4. The van der Waals surface area contributed by atoms with Crippen molar-refractivity contribution >= 4 is 39.1 Å². The summed E-state index contributed by atoms with van der Waals surface area (Å²) in [5.74, 6) is -1.23. The van der Waals surface area contributed by atoms with Gasteiger partial charge in [0.1, 0.15) is 12.6 Å². The van der Waals surface area contributed by atoms with Crippen LogP contribution in [0.1, 0.15) is 42.5 Å². The van der Waals surface area contributed by atoms with Gasteiger partial charge < -0.3 is 10.2 Å². The normalized spacial score (nSPS) is 13.2. The number of anilines is 1. The van der Waals surface area contributed by atoms with Crippen LogP contribution in [0.4, 0.5) is 18.9 Å². The summed E-state index contributed by atoms with van der Waals surface area (Å²) >= 11 is 6.19. The van der Waals surface area contributed by atoms with Crippen molar-refractivity contribution in [2.24, 2.45) is 0 Å². The van der Waals surface area contributed by atoms with Crippen molar-refractivity contribution in [3.63, 3.8) is 0 Å². The largest absolute Gasteiger partial charge is 0.416 e. The number of alkyl halides is 3. The molecule has 2 atom stereocenters. The first-order valence-corrected chi connectivity index (χ1v) is 15.9.